The molecule has 0 saturated carbocycles. The Morgan fingerprint density at radius 2 is 1.77 bits per heavy atom. The minimum absolute atomic E-state index is 0.0166. The molecule has 210 valence electrons. The predicted molar refractivity (Wildman–Crippen MR) is 143 cm³/mol. The number of sulfone groups is 1. The van der Waals surface area contributed by atoms with Crippen molar-refractivity contribution in [3.05, 3.63) is 68.7 Å². The Balaban J connectivity index is 1.50. The Morgan fingerprint density at radius 1 is 1.05 bits per heavy atom. The normalized spacial score (nSPS) is 18.0. The van der Waals surface area contributed by atoms with E-state index in [0.29, 0.717) is 24.7 Å². The zero-order chi connectivity index (χ0) is 27.9. The Kier molecular flexibility index (Phi) is 7.77. The van der Waals surface area contributed by atoms with E-state index in [1.807, 2.05) is 0 Å². The molecule has 0 amide bonds. The monoisotopic (exact) mass is 583 g/mol. The number of halogens is 4. The van der Waals surface area contributed by atoms with Gasteiger partial charge < -0.3 is 5.32 Å². The van der Waals surface area contributed by atoms with E-state index in [-0.39, 0.29) is 45.2 Å². The number of hydrogen-bond donors (Lipinski definition) is 1. The van der Waals surface area contributed by atoms with Gasteiger partial charge in [-0.15, -0.1) is 0 Å². The van der Waals surface area contributed by atoms with Gasteiger partial charge in [0.25, 0.3) is 5.56 Å². The second kappa shape index (κ2) is 10.8. The lowest BCUT2D eigenvalue weighted by atomic mass is 10.0. The van der Waals surface area contributed by atoms with Crippen molar-refractivity contribution in [3.8, 4) is 0 Å². The lowest BCUT2D eigenvalue weighted by molar-refractivity contribution is -0.137. The average Bonchev–Trinajstić information content (AvgIpc) is 2.85. The first-order valence-electron chi connectivity index (χ1n) is 12.7. The van der Waals surface area contributed by atoms with Gasteiger partial charge in [-0.2, -0.15) is 13.2 Å². The summed E-state index contributed by atoms with van der Waals surface area (Å²) in [6.45, 7) is 6.50. The van der Waals surface area contributed by atoms with Crippen LogP contribution in [0, 0.1) is 0 Å². The molecule has 39 heavy (non-hydrogen) atoms. The van der Waals surface area contributed by atoms with E-state index < -0.39 is 27.1 Å². The van der Waals surface area contributed by atoms with Crippen LogP contribution in [0.25, 0.3) is 10.9 Å². The van der Waals surface area contributed by atoms with Crippen LogP contribution in [0.1, 0.15) is 23.6 Å². The molecular weight excluding hydrogens is 555 g/mol. The zero-order valence-corrected chi connectivity index (χ0v) is 22.9. The van der Waals surface area contributed by atoms with E-state index in [1.54, 1.807) is 0 Å². The van der Waals surface area contributed by atoms with E-state index in [4.69, 9.17) is 11.6 Å². The second-order valence-electron chi connectivity index (χ2n) is 9.99. The molecule has 13 heteroatoms. The van der Waals surface area contributed by atoms with Gasteiger partial charge in [0, 0.05) is 56.9 Å². The maximum atomic E-state index is 13.9. The molecule has 1 aromatic heterocycles. The molecule has 5 rings (SSSR count). The van der Waals surface area contributed by atoms with Crippen LogP contribution in [0.2, 0.25) is 5.02 Å². The highest BCUT2D eigenvalue weighted by molar-refractivity contribution is 7.91. The summed E-state index contributed by atoms with van der Waals surface area (Å²) in [6, 6.07) is 6.67. The van der Waals surface area contributed by atoms with Crippen molar-refractivity contribution in [1.82, 2.24) is 24.7 Å². The molecule has 2 aromatic carbocycles. The Morgan fingerprint density at radius 3 is 2.38 bits per heavy atom. The molecule has 2 fully saturated rings. The molecule has 2 saturated heterocycles. The number of rotatable bonds is 7. The number of nitrogens with one attached hydrogen (secondary N) is 1. The topological polar surface area (TPSA) is 87.5 Å². The molecule has 0 bridgehead atoms. The summed E-state index contributed by atoms with van der Waals surface area (Å²) in [5.41, 5.74) is -0.797. The summed E-state index contributed by atoms with van der Waals surface area (Å²) in [7, 11) is -3.63. The number of piperazine rings is 1. The largest absolute Gasteiger partial charge is 0.416 e. The van der Waals surface area contributed by atoms with Gasteiger partial charge in [0.2, 0.25) is 0 Å². The first-order valence-corrected chi connectivity index (χ1v) is 14.8. The van der Waals surface area contributed by atoms with Gasteiger partial charge in [0.05, 0.1) is 40.0 Å². The summed E-state index contributed by atoms with van der Waals surface area (Å²) in [5.74, 6) is -0.156. The van der Waals surface area contributed by atoms with Crippen LogP contribution >= 0.6 is 11.6 Å². The highest BCUT2D eigenvalue weighted by atomic mass is 35.5. The summed E-state index contributed by atoms with van der Waals surface area (Å²) >= 11 is 6.10. The molecule has 2 aliphatic rings. The molecule has 0 atom stereocenters. The van der Waals surface area contributed by atoms with Gasteiger partial charge in [0.1, 0.15) is 0 Å². The summed E-state index contributed by atoms with van der Waals surface area (Å²) in [6.07, 6.45) is -3.40. The van der Waals surface area contributed by atoms with Crippen molar-refractivity contribution < 1.29 is 21.6 Å². The smallest absolute Gasteiger partial charge is 0.314 e. The average molecular weight is 584 g/mol. The number of hydrogen-bond acceptors (Lipinski definition) is 7. The molecule has 2 aliphatic heterocycles. The predicted octanol–water partition coefficient (Wildman–Crippen LogP) is 3.00. The first kappa shape index (κ1) is 28.0. The summed E-state index contributed by atoms with van der Waals surface area (Å²) < 4.78 is 67.9. The highest BCUT2D eigenvalue weighted by Gasteiger charge is 2.33. The Labute approximate surface area is 229 Å². The van der Waals surface area contributed by atoms with E-state index in [0.717, 1.165) is 42.9 Å². The number of nitrogens with zero attached hydrogens (tertiary/aromatic N) is 4. The molecule has 3 aromatic rings. The molecule has 0 radical (unpaired) electrons. The molecule has 3 heterocycles. The van der Waals surface area contributed by atoms with Crippen LogP contribution in [-0.2, 0) is 29.1 Å². The molecular formula is C26H29ClF3N5O3S. The zero-order valence-electron chi connectivity index (χ0n) is 21.3. The summed E-state index contributed by atoms with van der Waals surface area (Å²) in [4.78, 5) is 22.4. The maximum Gasteiger partial charge on any atom is 0.416 e. The fourth-order valence-electron chi connectivity index (χ4n) is 5.11. The SMILES string of the molecule is CCS(=O)(=O)c1ccc(Cl)cc1Cn1cnc2c(CN3CCN(C4CNC4)CC3)cc(C(F)(F)F)cc2c1=O. The second-order valence-corrected chi connectivity index (χ2v) is 12.7. The van der Waals surface area contributed by atoms with Crippen LogP contribution in [0.3, 0.4) is 0 Å². The van der Waals surface area contributed by atoms with Gasteiger partial charge in [-0.3, -0.25) is 19.2 Å². The maximum absolute atomic E-state index is 13.9. The van der Waals surface area contributed by atoms with Crippen molar-refractivity contribution in [2.75, 3.05) is 45.0 Å². The molecule has 0 spiro atoms. The van der Waals surface area contributed by atoms with Gasteiger partial charge in [-0.25, -0.2) is 13.4 Å². The van der Waals surface area contributed by atoms with E-state index in [9.17, 15) is 26.4 Å². The number of fused-ring (bicyclic) bond motifs is 1. The van der Waals surface area contributed by atoms with Gasteiger partial charge >= 0.3 is 6.18 Å². The standard InChI is InChI=1S/C26H29ClF3N5O3S/c1-2-39(37,38)23-4-3-20(27)10-17(23)15-35-16-32-24-18(9-19(26(28,29)30)11-22(24)25(35)36)14-33-5-7-34(8-6-33)21-12-31-13-21/h3-4,9-11,16,21,31H,2,5-8,12-15H2,1H3. The fourth-order valence-corrected chi connectivity index (χ4v) is 6.42. The number of benzene rings is 2. The quantitative estimate of drug-likeness (QED) is 0.458. The van der Waals surface area contributed by atoms with E-state index in [2.05, 4.69) is 20.1 Å². The van der Waals surface area contributed by atoms with Crippen molar-refractivity contribution in [2.45, 2.75) is 37.1 Å². The lowest BCUT2D eigenvalue weighted by Gasteiger charge is -2.43. The van der Waals surface area contributed by atoms with Crippen LogP contribution in [0.5, 0.6) is 0 Å². The van der Waals surface area contributed by atoms with Crippen molar-refractivity contribution in [2.24, 2.45) is 0 Å². The van der Waals surface area contributed by atoms with Crippen molar-refractivity contribution >= 4 is 32.3 Å². The highest BCUT2D eigenvalue weighted by Crippen LogP contribution is 2.33. The van der Waals surface area contributed by atoms with Crippen LogP contribution in [0.4, 0.5) is 13.2 Å². The van der Waals surface area contributed by atoms with Crippen LogP contribution in [0.15, 0.2) is 46.3 Å². The molecule has 0 aliphatic carbocycles. The van der Waals surface area contributed by atoms with Crippen LogP contribution < -0.4 is 10.9 Å². The van der Waals surface area contributed by atoms with Crippen molar-refractivity contribution in [3.63, 3.8) is 0 Å². The van der Waals surface area contributed by atoms with Gasteiger partial charge in [-0.05, 0) is 41.5 Å². The van der Waals surface area contributed by atoms with E-state index >= 15 is 0 Å². The molecule has 1 N–H and O–H groups in total. The minimum Gasteiger partial charge on any atom is -0.314 e. The van der Waals surface area contributed by atoms with Gasteiger partial charge in [0.15, 0.2) is 9.84 Å². The Hall–Kier alpha value is -2.51. The first-order chi connectivity index (χ1) is 18.5. The third kappa shape index (κ3) is 5.85. The van der Waals surface area contributed by atoms with E-state index in [1.165, 1.54) is 31.5 Å². The summed E-state index contributed by atoms with van der Waals surface area (Å²) in [5, 5.41) is 3.36. The molecule has 8 nitrogen and oxygen atoms in total. The molecule has 0 unspecified atom stereocenters. The Bertz CT molecular complexity index is 1550. The lowest BCUT2D eigenvalue weighted by Crippen LogP contribution is -2.61. The number of alkyl halides is 3. The van der Waals surface area contributed by atoms with Gasteiger partial charge in [-0.1, -0.05) is 18.5 Å². The third-order valence-corrected chi connectivity index (χ3v) is 9.55. The minimum atomic E-state index is -4.65. The van der Waals surface area contributed by atoms with Crippen molar-refractivity contribution in [1.29, 1.82) is 0 Å². The van der Waals surface area contributed by atoms with Crippen LogP contribution in [-0.4, -0.2) is 78.8 Å². The fraction of sp³-hybridized carbons (Fsp3) is 0.462. The number of aromatic nitrogens is 2. The third-order valence-electron chi connectivity index (χ3n) is 7.49.